The Morgan fingerprint density at radius 2 is 1.20 bits per heavy atom. The minimum Gasteiger partial charge on any atom is -0.326 e. The first-order valence-corrected chi connectivity index (χ1v) is 8.10. The van der Waals surface area contributed by atoms with Crippen LogP contribution in [0.15, 0.2) is 36.4 Å². The molecule has 8 heteroatoms. The van der Waals surface area contributed by atoms with E-state index in [4.69, 9.17) is 23.2 Å². The van der Waals surface area contributed by atoms with Crippen LogP contribution in [0.5, 0.6) is 0 Å². The molecule has 0 radical (unpaired) electrons. The second-order valence-electron chi connectivity index (χ2n) is 5.21. The van der Waals surface area contributed by atoms with Crippen LogP contribution < -0.4 is 10.6 Å². The smallest absolute Gasteiger partial charge is 0.224 e. The summed E-state index contributed by atoms with van der Waals surface area (Å²) in [7, 11) is 0. The molecule has 0 aliphatic heterocycles. The van der Waals surface area contributed by atoms with Crippen LogP contribution in [-0.4, -0.2) is 11.8 Å². The Morgan fingerprint density at radius 3 is 1.56 bits per heavy atom. The molecule has 0 bridgehead atoms. The van der Waals surface area contributed by atoms with Gasteiger partial charge >= 0.3 is 0 Å². The maximum Gasteiger partial charge on any atom is 0.224 e. The topological polar surface area (TPSA) is 58.2 Å². The molecule has 0 aliphatic rings. The normalized spacial score (nSPS) is 10.4. The van der Waals surface area contributed by atoms with E-state index in [1.165, 1.54) is 24.3 Å². The molecule has 25 heavy (non-hydrogen) atoms. The third kappa shape index (κ3) is 5.99. The molecule has 0 spiro atoms. The van der Waals surface area contributed by atoms with Crippen LogP contribution in [-0.2, 0) is 9.59 Å². The van der Waals surface area contributed by atoms with Crippen molar-refractivity contribution in [3.05, 3.63) is 58.1 Å². The highest BCUT2D eigenvalue weighted by Gasteiger charge is 2.09. The first-order valence-electron chi connectivity index (χ1n) is 7.35. The third-order valence-electron chi connectivity index (χ3n) is 3.21. The van der Waals surface area contributed by atoms with Crippen molar-refractivity contribution in [3.8, 4) is 0 Å². The number of carbonyl (C=O) groups excluding carboxylic acids is 2. The van der Waals surface area contributed by atoms with Gasteiger partial charge in [-0.25, -0.2) is 8.78 Å². The minimum absolute atomic E-state index is 0.0878. The number of anilines is 2. The van der Waals surface area contributed by atoms with E-state index in [9.17, 15) is 18.4 Å². The molecule has 2 aromatic rings. The summed E-state index contributed by atoms with van der Waals surface area (Å²) in [6.45, 7) is 0. The van der Waals surface area contributed by atoms with Crippen molar-refractivity contribution in [2.75, 3.05) is 10.6 Å². The summed E-state index contributed by atoms with van der Waals surface area (Å²) in [4.78, 5) is 23.6. The molecular formula is C17H14Cl2F2N2O2. The van der Waals surface area contributed by atoms with Crippen LogP contribution in [0.4, 0.5) is 20.2 Å². The van der Waals surface area contributed by atoms with E-state index in [0.717, 1.165) is 12.1 Å². The molecule has 2 amide bonds. The number of amides is 2. The predicted molar refractivity (Wildman–Crippen MR) is 93.9 cm³/mol. The summed E-state index contributed by atoms with van der Waals surface area (Å²) in [5.74, 6) is -1.78. The molecule has 0 saturated carbocycles. The largest absolute Gasteiger partial charge is 0.326 e. The lowest BCUT2D eigenvalue weighted by Crippen LogP contribution is -2.15. The highest BCUT2D eigenvalue weighted by molar-refractivity contribution is 6.31. The highest BCUT2D eigenvalue weighted by atomic mass is 35.5. The zero-order valence-electron chi connectivity index (χ0n) is 12.9. The molecule has 0 aliphatic carbocycles. The number of carbonyl (C=O) groups is 2. The Morgan fingerprint density at radius 1 is 0.800 bits per heavy atom. The Balaban J connectivity index is 1.75. The second kappa shape index (κ2) is 8.78. The van der Waals surface area contributed by atoms with E-state index >= 15 is 0 Å². The average molecular weight is 387 g/mol. The molecule has 0 atom stereocenters. The predicted octanol–water partition coefficient (Wildman–Crippen LogP) is 5.02. The van der Waals surface area contributed by atoms with E-state index in [-0.39, 0.29) is 34.7 Å². The number of benzene rings is 2. The SMILES string of the molecule is O=C(CCCC(=O)Nc1ccc(F)c(Cl)c1)Nc1ccc(F)c(Cl)c1. The van der Waals surface area contributed by atoms with Gasteiger partial charge in [0.2, 0.25) is 11.8 Å². The number of nitrogens with one attached hydrogen (secondary N) is 2. The number of rotatable bonds is 6. The lowest BCUT2D eigenvalue weighted by atomic mass is 10.2. The van der Waals surface area contributed by atoms with Gasteiger partial charge in [-0.2, -0.15) is 0 Å². The summed E-state index contributed by atoms with van der Waals surface area (Å²) < 4.78 is 26.1. The van der Waals surface area contributed by atoms with Crippen molar-refractivity contribution < 1.29 is 18.4 Å². The van der Waals surface area contributed by atoms with Gasteiger partial charge in [0.25, 0.3) is 0 Å². The molecular weight excluding hydrogens is 373 g/mol. The summed E-state index contributed by atoms with van der Waals surface area (Å²) in [6, 6.07) is 7.70. The maximum absolute atomic E-state index is 13.0. The van der Waals surface area contributed by atoms with Crippen LogP contribution >= 0.6 is 23.2 Å². The molecule has 2 aromatic carbocycles. The number of hydrogen-bond donors (Lipinski definition) is 2. The fourth-order valence-corrected chi connectivity index (χ4v) is 2.37. The van der Waals surface area contributed by atoms with Gasteiger partial charge in [-0.05, 0) is 42.8 Å². The summed E-state index contributed by atoms with van der Waals surface area (Å²) >= 11 is 11.3. The zero-order chi connectivity index (χ0) is 18.4. The van der Waals surface area contributed by atoms with Crippen LogP contribution in [0.1, 0.15) is 19.3 Å². The maximum atomic E-state index is 13.0. The lowest BCUT2D eigenvalue weighted by Gasteiger charge is -2.07. The Bertz CT molecular complexity index is 735. The Labute approximate surface area is 153 Å². The molecule has 0 unspecified atom stereocenters. The summed E-state index contributed by atoms with van der Waals surface area (Å²) in [5, 5.41) is 4.96. The van der Waals surface area contributed by atoms with Gasteiger partial charge < -0.3 is 10.6 Å². The van der Waals surface area contributed by atoms with Gasteiger partial charge in [0.15, 0.2) is 0 Å². The van der Waals surface area contributed by atoms with Crippen molar-refractivity contribution in [2.45, 2.75) is 19.3 Å². The molecule has 2 rings (SSSR count). The van der Waals surface area contributed by atoms with Gasteiger partial charge in [-0.15, -0.1) is 0 Å². The quantitative estimate of drug-likeness (QED) is 0.732. The van der Waals surface area contributed by atoms with Crippen molar-refractivity contribution >= 4 is 46.4 Å². The Kier molecular flexibility index (Phi) is 6.73. The van der Waals surface area contributed by atoms with Crippen LogP contribution in [0.25, 0.3) is 0 Å². The van der Waals surface area contributed by atoms with Crippen LogP contribution in [0.3, 0.4) is 0 Å². The van der Waals surface area contributed by atoms with Gasteiger partial charge in [0.1, 0.15) is 11.6 Å². The van der Waals surface area contributed by atoms with Gasteiger partial charge in [-0.1, -0.05) is 23.2 Å². The second-order valence-corrected chi connectivity index (χ2v) is 6.02. The van der Waals surface area contributed by atoms with Gasteiger partial charge in [-0.3, -0.25) is 9.59 Å². The molecule has 4 nitrogen and oxygen atoms in total. The number of hydrogen-bond acceptors (Lipinski definition) is 2. The van der Waals surface area contributed by atoms with Crippen molar-refractivity contribution in [3.63, 3.8) is 0 Å². The fraction of sp³-hybridized carbons (Fsp3) is 0.176. The molecule has 0 fully saturated rings. The molecule has 0 heterocycles. The first kappa shape index (κ1) is 19.1. The monoisotopic (exact) mass is 386 g/mol. The van der Waals surface area contributed by atoms with Gasteiger partial charge in [0.05, 0.1) is 10.0 Å². The highest BCUT2D eigenvalue weighted by Crippen LogP contribution is 2.20. The van der Waals surface area contributed by atoms with E-state index in [1.54, 1.807) is 0 Å². The van der Waals surface area contributed by atoms with E-state index in [2.05, 4.69) is 10.6 Å². The van der Waals surface area contributed by atoms with Crippen molar-refractivity contribution in [1.82, 2.24) is 0 Å². The molecule has 0 saturated heterocycles. The molecule has 2 N–H and O–H groups in total. The first-order chi connectivity index (χ1) is 11.8. The van der Waals surface area contributed by atoms with Crippen molar-refractivity contribution in [1.29, 1.82) is 0 Å². The van der Waals surface area contributed by atoms with E-state index in [0.29, 0.717) is 17.8 Å². The lowest BCUT2D eigenvalue weighted by molar-refractivity contribution is -0.117. The third-order valence-corrected chi connectivity index (χ3v) is 3.79. The number of halogens is 4. The Hall–Kier alpha value is -2.18. The summed E-state index contributed by atoms with van der Waals surface area (Å²) in [5.41, 5.74) is 0.753. The van der Waals surface area contributed by atoms with Crippen molar-refractivity contribution in [2.24, 2.45) is 0 Å². The van der Waals surface area contributed by atoms with Crippen LogP contribution in [0, 0.1) is 11.6 Å². The standard InChI is InChI=1S/C17H14Cl2F2N2O2/c18-12-8-10(4-6-14(12)20)22-16(24)2-1-3-17(25)23-11-5-7-15(21)13(19)9-11/h4-9H,1-3H2,(H,22,24)(H,23,25). The molecule has 0 aromatic heterocycles. The van der Waals surface area contributed by atoms with Crippen LogP contribution in [0.2, 0.25) is 10.0 Å². The van der Waals surface area contributed by atoms with Gasteiger partial charge in [0, 0.05) is 24.2 Å². The molecule has 132 valence electrons. The average Bonchev–Trinajstić information content (AvgIpc) is 2.54. The fourth-order valence-electron chi connectivity index (χ4n) is 2.00. The van der Waals surface area contributed by atoms with E-state index in [1.807, 2.05) is 0 Å². The minimum atomic E-state index is -0.572. The summed E-state index contributed by atoms with van der Waals surface area (Å²) in [6.07, 6.45) is 0.515. The zero-order valence-corrected chi connectivity index (χ0v) is 14.4. The van der Waals surface area contributed by atoms with E-state index < -0.39 is 11.6 Å².